The second kappa shape index (κ2) is 5.23. The summed E-state index contributed by atoms with van der Waals surface area (Å²) < 4.78 is 38.6. The largest absolute Gasteiger partial charge is 0.446 e. The Hall–Kier alpha value is -1.73. The van der Waals surface area contributed by atoms with E-state index in [4.69, 9.17) is 11.6 Å². The molecule has 3 rings (SSSR count). The second-order valence-electron chi connectivity index (χ2n) is 4.13. The number of nitrogens with zero attached hydrogens (tertiary/aromatic N) is 3. The highest BCUT2D eigenvalue weighted by Gasteiger charge is 2.29. The molecular weight excluding hydrogens is 323 g/mol. The van der Waals surface area contributed by atoms with Crippen molar-refractivity contribution in [2.75, 3.05) is 0 Å². The topological polar surface area (TPSA) is 30.2 Å². The standard InChI is InChI=1S/C13H7ClF3N3S/c14-10-5-2-6-11-18-12(19-20(10)11)8-3-1-4-9(7-8)21-13(15,16)17/h1-7H. The number of halogens is 4. The van der Waals surface area contributed by atoms with E-state index in [1.54, 1.807) is 24.3 Å². The van der Waals surface area contributed by atoms with Crippen molar-refractivity contribution in [3.8, 4) is 11.4 Å². The van der Waals surface area contributed by atoms with Crippen LogP contribution in [0.15, 0.2) is 47.4 Å². The lowest BCUT2D eigenvalue weighted by molar-refractivity contribution is -0.0328. The van der Waals surface area contributed by atoms with Crippen molar-refractivity contribution >= 4 is 29.0 Å². The van der Waals surface area contributed by atoms with Gasteiger partial charge in [0.15, 0.2) is 11.5 Å². The van der Waals surface area contributed by atoms with E-state index < -0.39 is 5.51 Å². The molecule has 3 nitrogen and oxygen atoms in total. The molecule has 8 heteroatoms. The van der Waals surface area contributed by atoms with Gasteiger partial charge in [-0.2, -0.15) is 13.2 Å². The van der Waals surface area contributed by atoms with Crippen LogP contribution in [0.25, 0.3) is 17.0 Å². The van der Waals surface area contributed by atoms with Crippen LogP contribution in [0.5, 0.6) is 0 Å². The van der Waals surface area contributed by atoms with Crippen LogP contribution in [0.1, 0.15) is 0 Å². The first kappa shape index (κ1) is 14.2. The molecular formula is C13H7ClF3N3S. The number of alkyl halides is 3. The summed E-state index contributed by atoms with van der Waals surface area (Å²) in [6.07, 6.45) is 0. The maximum Gasteiger partial charge on any atom is 0.446 e. The van der Waals surface area contributed by atoms with Gasteiger partial charge in [0.25, 0.3) is 0 Å². The molecule has 0 saturated carbocycles. The Morgan fingerprint density at radius 3 is 2.57 bits per heavy atom. The molecule has 0 aliphatic heterocycles. The minimum atomic E-state index is -4.33. The van der Waals surface area contributed by atoms with E-state index in [0.29, 0.717) is 22.2 Å². The van der Waals surface area contributed by atoms with E-state index in [-0.39, 0.29) is 16.7 Å². The predicted molar refractivity (Wildman–Crippen MR) is 75.3 cm³/mol. The summed E-state index contributed by atoms with van der Waals surface area (Å²) in [7, 11) is 0. The molecule has 108 valence electrons. The van der Waals surface area contributed by atoms with Gasteiger partial charge in [0.2, 0.25) is 0 Å². The molecule has 0 radical (unpaired) electrons. The molecule has 0 aliphatic rings. The van der Waals surface area contributed by atoms with Crippen LogP contribution < -0.4 is 0 Å². The highest BCUT2D eigenvalue weighted by molar-refractivity contribution is 8.00. The summed E-state index contributed by atoms with van der Waals surface area (Å²) in [5.74, 6) is 0.327. The van der Waals surface area contributed by atoms with Crippen LogP contribution in [-0.4, -0.2) is 20.1 Å². The van der Waals surface area contributed by atoms with Crippen molar-refractivity contribution in [1.82, 2.24) is 14.6 Å². The number of benzene rings is 1. The fraction of sp³-hybridized carbons (Fsp3) is 0.0769. The van der Waals surface area contributed by atoms with Crippen molar-refractivity contribution in [3.05, 3.63) is 47.6 Å². The number of rotatable bonds is 2. The maximum absolute atomic E-state index is 12.4. The molecule has 2 heterocycles. The third-order valence-corrected chi connectivity index (χ3v) is 3.65. The molecule has 0 aliphatic carbocycles. The van der Waals surface area contributed by atoms with Crippen LogP contribution in [-0.2, 0) is 0 Å². The van der Waals surface area contributed by atoms with Crippen molar-refractivity contribution in [2.24, 2.45) is 0 Å². The Morgan fingerprint density at radius 1 is 1.10 bits per heavy atom. The number of hydrogen-bond acceptors (Lipinski definition) is 3. The van der Waals surface area contributed by atoms with Crippen molar-refractivity contribution in [1.29, 1.82) is 0 Å². The molecule has 1 aromatic carbocycles. The summed E-state index contributed by atoms with van der Waals surface area (Å²) in [6, 6.07) is 11.1. The van der Waals surface area contributed by atoms with Gasteiger partial charge >= 0.3 is 5.51 Å². The highest BCUT2D eigenvalue weighted by Crippen LogP contribution is 2.37. The fourth-order valence-corrected chi connectivity index (χ4v) is 2.62. The Morgan fingerprint density at radius 2 is 1.86 bits per heavy atom. The van der Waals surface area contributed by atoms with Gasteiger partial charge in [0, 0.05) is 10.5 Å². The number of fused-ring (bicyclic) bond motifs is 1. The summed E-state index contributed by atoms with van der Waals surface area (Å²) in [6.45, 7) is 0. The zero-order valence-electron chi connectivity index (χ0n) is 10.3. The Balaban J connectivity index is 2.02. The first-order valence-corrected chi connectivity index (χ1v) is 6.99. The first-order chi connectivity index (χ1) is 9.92. The Labute approximate surface area is 126 Å². The van der Waals surface area contributed by atoms with E-state index >= 15 is 0 Å². The molecule has 2 aromatic heterocycles. The van der Waals surface area contributed by atoms with E-state index in [0.717, 1.165) is 0 Å². The molecule has 3 aromatic rings. The lowest BCUT2D eigenvalue weighted by Gasteiger charge is -2.05. The zero-order valence-corrected chi connectivity index (χ0v) is 11.9. The van der Waals surface area contributed by atoms with Crippen LogP contribution >= 0.6 is 23.4 Å². The van der Waals surface area contributed by atoms with Crippen LogP contribution in [0.4, 0.5) is 13.2 Å². The minimum absolute atomic E-state index is 0.0879. The van der Waals surface area contributed by atoms with E-state index in [1.165, 1.54) is 22.7 Å². The van der Waals surface area contributed by atoms with Gasteiger partial charge in [0.1, 0.15) is 5.15 Å². The van der Waals surface area contributed by atoms with Gasteiger partial charge in [-0.05, 0) is 36.0 Å². The lowest BCUT2D eigenvalue weighted by Crippen LogP contribution is -1.98. The molecule has 0 saturated heterocycles. The number of aromatic nitrogens is 3. The van der Waals surface area contributed by atoms with E-state index in [1.807, 2.05) is 0 Å². The molecule has 0 atom stereocenters. The summed E-state index contributed by atoms with van der Waals surface area (Å²) in [5, 5.41) is 4.58. The van der Waals surface area contributed by atoms with Gasteiger partial charge in [0.05, 0.1) is 0 Å². The average molecular weight is 330 g/mol. The smallest absolute Gasteiger partial charge is 0.207 e. The number of hydrogen-bond donors (Lipinski definition) is 0. The molecule has 0 fully saturated rings. The third-order valence-electron chi connectivity index (χ3n) is 2.64. The SMILES string of the molecule is FC(F)(F)Sc1cccc(-c2nc3cccc(Cl)n3n2)c1. The minimum Gasteiger partial charge on any atom is -0.207 e. The third kappa shape index (κ3) is 3.14. The first-order valence-electron chi connectivity index (χ1n) is 5.80. The average Bonchev–Trinajstić information content (AvgIpc) is 2.82. The molecule has 21 heavy (non-hydrogen) atoms. The number of pyridine rings is 1. The highest BCUT2D eigenvalue weighted by atomic mass is 35.5. The van der Waals surface area contributed by atoms with Gasteiger partial charge < -0.3 is 0 Å². The van der Waals surface area contributed by atoms with Crippen LogP contribution in [0, 0.1) is 0 Å². The Kier molecular flexibility index (Phi) is 3.54. The van der Waals surface area contributed by atoms with Crippen molar-refractivity contribution in [3.63, 3.8) is 0 Å². The Bertz CT molecular complexity index is 801. The van der Waals surface area contributed by atoms with Gasteiger partial charge in [-0.15, -0.1) is 5.10 Å². The molecule has 0 spiro atoms. The van der Waals surface area contributed by atoms with E-state index in [9.17, 15) is 13.2 Å². The monoisotopic (exact) mass is 329 g/mol. The van der Waals surface area contributed by atoms with Crippen LogP contribution in [0.3, 0.4) is 0 Å². The van der Waals surface area contributed by atoms with Crippen LogP contribution in [0.2, 0.25) is 5.15 Å². The normalized spacial score (nSPS) is 12.0. The zero-order chi connectivity index (χ0) is 15.0. The quantitative estimate of drug-likeness (QED) is 0.506. The van der Waals surface area contributed by atoms with Gasteiger partial charge in [-0.1, -0.05) is 29.8 Å². The van der Waals surface area contributed by atoms with Gasteiger partial charge in [-0.3, -0.25) is 0 Å². The molecule has 0 unspecified atom stereocenters. The summed E-state index contributed by atoms with van der Waals surface area (Å²) in [4.78, 5) is 4.35. The maximum atomic E-state index is 12.4. The summed E-state index contributed by atoms with van der Waals surface area (Å²) >= 11 is 5.82. The fourth-order valence-electron chi connectivity index (χ4n) is 1.83. The molecule has 0 bridgehead atoms. The number of thioether (sulfide) groups is 1. The van der Waals surface area contributed by atoms with Gasteiger partial charge in [-0.25, -0.2) is 9.50 Å². The second-order valence-corrected chi connectivity index (χ2v) is 5.66. The molecule has 0 N–H and O–H groups in total. The van der Waals surface area contributed by atoms with E-state index in [2.05, 4.69) is 10.1 Å². The van der Waals surface area contributed by atoms with Crippen molar-refractivity contribution < 1.29 is 13.2 Å². The summed E-state index contributed by atoms with van der Waals surface area (Å²) in [5.41, 5.74) is -3.29. The molecule has 0 amide bonds. The lowest BCUT2D eigenvalue weighted by atomic mass is 10.2. The van der Waals surface area contributed by atoms with Crippen molar-refractivity contribution in [2.45, 2.75) is 10.4 Å². The predicted octanol–water partition coefficient (Wildman–Crippen LogP) is 4.66.